The first kappa shape index (κ1) is 16.7. The average molecular weight is 291 g/mol. The zero-order valence-corrected chi connectivity index (χ0v) is 12.7. The second-order valence-electron chi connectivity index (χ2n) is 5.70. The van der Waals surface area contributed by atoms with Crippen LogP contribution in [0.1, 0.15) is 45.4 Å². The fourth-order valence-corrected chi connectivity index (χ4v) is 3.03. The summed E-state index contributed by atoms with van der Waals surface area (Å²) >= 11 is 0. The van der Waals surface area contributed by atoms with Crippen LogP contribution in [0.25, 0.3) is 0 Å². The molecule has 0 bridgehead atoms. The Kier molecular flexibility index (Phi) is 7.11. The number of carbonyl (C=O) groups excluding carboxylic acids is 1. The van der Waals surface area contributed by atoms with Crippen molar-refractivity contribution in [2.45, 2.75) is 57.6 Å². The smallest absolute Gasteiger partial charge is 0.227 e. The number of hydrogen-bond donors (Lipinski definition) is 1. The van der Waals surface area contributed by atoms with E-state index in [9.17, 15) is 4.79 Å². The van der Waals surface area contributed by atoms with Crippen LogP contribution in [0.15, 0.2) is 0 Å². The van der Waals surface area contributed by atoms with Gasteiger partial charge in [-0.25, -0.2) is 0 Å². The molecule has 2 aliphatic rings. The van der Waals surface area contributed by atoms with Crippen LogP contribution >= 0.6 is 12.4 Å². The fraction of sp³-hybridized carbons (Fsp3) is 0.929. The predicted molar refractivity (Wildman–Crippen MR) is 78.4 cm³/mol. The fourth-order valence-electron chi connectivity index (χ4n) is 3.03. The molecule has 1 saturated carbocycles. The van der Waals surface area contributed by atoms with E-state index in [0.29, 0.717) is 12.6 Å². The molecule has 2 unspecified atom stereocenters. The number of rotatable bonds is 5. The standard InChI is InChI=1S/C14H26N2O2.ClH/c1-11(9-15)14(17)16(12-5-2-3-6-12)10-13-7-4-8-18-13;/h11-13H,2-10,15H2,1H3;1H. The zero-order valence-electron chi connectivity index (χ0n) is 11.8. The highest BCUT2D eigenvalue weighted by Crippen LogP contribution is 2.26. The number of carbonyl (C=O) groups is 1. The van der Waals surface area contributed by atoms with Crippen molar-refractivity contribution in [3.8, 4) is 0 Å². The van der Waals surface area contributed by atoms with Gasteiger partial charge in [0.15, 0.2) is 0 Å². The van der Waals surface area contributed by atoms with Crippen molar-refractivity contribution < 1.29 is 9.53 Å². The molecule has 4 nitrogen and oxygen atoms in total. The Morgan fingerprint density at radius 2 is 2.00 bits per heavy atom. The van der Waals surface area contributed by atoms with Crippen LogP contribution in [0, 0.1) is 5.92 Å². The Bertz CT molecular complexity index is 277. The van der Waals surface area contributed by atoms with Gasteiger partial charge in [0.1, 0.15) is 0 Å². The molecule has 2 rings (SSSR count). The molecule has 1 aliphatic heterocycles. The highest BCUT2D eigenvalue weighted by molar-refractivity contribution is 5.85. The number of amides is 1. The molecule has 1 heterocycles. The molecule has 0 spiro atoms. The Hall–Kier alpha value is -0.320. The molecule has 1 saturated heterocycles. The van der Waals surface area contributed by atoms with Gasteiger partial charge in [-0.3, -0.25) is 4.79 Å². The third-order valence-electron chi connectivity index (χ3n) is 4.25. The Morgan fingerprint density at radius 3 is 2.53 bits per heavy atom. The van der Waals surface area contributed by atoms with E-state index in [-0.39, 0.29) is 30.3 Å². The molecular weight excluding hydrogens is 264 g/mol. The quantitative estimate of drug-likeness (QED) is 0.842. The molecule has 1 aliphatic carbocycles. The van der Waals surface area contributed by atoms with Gasteiger partial charge >= 0.3 is 0 Å². The molecule has 19 heavy (non-hydrogen) atoms. The summed E-state index contributed by atoms with van der Waals surface area (Å²) in [6, 6.07) is 0.427. The van der Waals surface area contributed by atoms with Gasteiger partial charge in [-0.2, -0.15) is 0 Å². The molecule has 2 fully saturated rings. The summed E-state index contributed by atoms with van der Waals surface area (Å²) in [5.41, 5.74) is 5.64. The van der Waals surface area contributed by atoms with Gasteiger partial charge < -0.3 is 15.4 Å². The SMILES string of the molecule is CC(CN)C(=O)N(CC1CCCO1)C1CCCC1.Cl. The van der Waals surface area contributed by atoms with Crippen LogP contribution in [0.2, 0.25) is 0 Å². The summed E-state index contributed by atoms with van der Waals surface area (Å²) in [6.45, 7) is 3.99. The molecule has 112 valence electrons. The molecule has 2 N–H and O–H groups in total. The number of halogens is 1. The molecule has 0 aromatic rings. The molecule has 0 radical (unpaired) electrons. The third-order valence-corrected chi connectivity index (χ3v) is 4.25. The van der Waals surface area contributed by atoms with E-state index in [1.54, 1.807) is 0 Å². The van der Waals surface area contributed by atoms with Gasteiger partial charge in [0, 0.05) is 31.7 Å². The monoisotopic (exact) mass is 290 g/mol. The first-order chi connectivity index (χ1) is 8.72. The van der Waals surface area contributed by atoms with Gasteiger partial charge in [0.25, 0.3) is 0 Å². The van der Waals surface area contributed by atoms with Crippen LogP contribution in [0.5, 0.6) is 0 Å². The van der Waals surface area contributed by atoms with Crippen molar-refractivity contribution in [3.63, 3.8) is 0 Å². The average Bonchev–Trinajstić information content (AvgIpc) is 3.06. The topological polar surface area (TPSA) is 55.6 Å². The molecule has 0 aromatic carbocycles. The first-order valence-electron chi connectivity index (χ1n) is 7.34. The normalized spacial score (nSPS) is 25.1. The number of ether oxygens (including phenoxy) is 1. The lowest BCUT2D eigenvalue weighted by Gasteiger charge is -2.33. The Morgan fingerprint density at radius 1 is 1.32 bits per heavy atom. The van der Waals surface area contributed by atoms with Crippen molar-refractivity contribution in [2.75, 3.05) is 19.7 Å². The Balaban J connectivity index is 0.00000180. The van der Waals surface area contributed by atoms with Crippen molar-refractivity contribution in [1.82, 2.24) is 4.90 Å². The lowest BCUT2D eigenvalue weighted by atomic mass is 10.1. The molecule has 1 amide bonds. The van der Waals surface area contributed by atoms with Gasteiger partial charge in [-0.1, -0.05) is 19.8 Å². The van der Waals surface area contributed by atoms with E-state index < -0.39 is 0 Å². The zero-order chi connectivity index (χ0) is 13.0. The van der Waals surface area contributed by atoms with Gasteiger partial charge in [-0.15, -0.1) is 12.4 Å². The van der Waals surface area contributed by atoms with E-state index in [4.69, 9.17) is 10.5 Å². The molecular formula is C14H27ClN2O2. The van der Waals surface area contributed by atoms with Crippen LogP contribution < -0.4 is 5.73 Å². The summed E-state index contributed by atoms with van der Waals surface area (Å²) in [4.78, 5) is 14.5. The van der Waals surface area contributed by atoms with E-state index in [0.717, 1.165) is 38.8 Å². The summed E-state index contributed by atoms with van der Waals surface area (Å²) < 4.78 is 5.68. The highest BCUT2D eigenvalue weighted by atomic mass is 35.5. The summed E-state index contributed by atoms with van der Waals surface area (Å²) in [5.74, 6) is 0.159. The minimum atomic E-state index is -0.0630. The predicted octanol–water partition coefficient (Wildman–Crippen LogP) is 1.95. The van der Waals surface area contributed by atoms with Crippen molar-refractivity contribution >= 4 is 18.3 Å². The van der Waals surface area contributed by atoms with Crippen LogP contribution in [-0.2, 0) is 9.53 Å². The molecule has 2 atom stereocenters. The third kappa shape index (κ3) is 4.33. The maximum Gasteiger partial charge on any atom is 0.227 e. The molecule has 0 aromatic heterocycles. The van der Waals surface area contributed by atoms with E-state index >= 15 is 0 Å². The molecule has 5 heteroatoms. The maximum absolute atomic E-state index is 12.4. The summed E-state index contributed by atoms with van der Waals surface area (Å²) in [6.07, 6.45) is 7.26. The first-order valence-corrected chi connectivity index (χ1v) is 7.34. The van der Waals surface area contributed by atoms with Gasteiger partial charge in [0.05, 0.1) is 6.10 Å². The second-order valence-corrected chi connectivity index (χ2v) is 5.70. The highest BCUT2D eigenvalue weighted by Gasteiger charge is 2.31. The van der Waals surface area contributed by atoms with Gasteiger partial charge in [-0.05, 0) is 25.7 Å². The van der Waals surface area contributed by atoms with Gasteiger partial charge in [0.2, 0.25) is 5.91 Å². The lowest BCUT2D eigenvalue weighted by molar-refractivity contribution is -0.138. The minimum absolute atomic E-state index is 0. The summed E-state index contributed by atoms with van der Waals surface area (Å²) in [5, 5.41) is 0. The van der Waals surface area contributed by atoms with E-state index in [2.05, 4.69) is 4.90 Å². The second kappa shape index (κ2) is 8.08. The van der Waals surface area contributed by atoms with Crippen LogP contribution in [0.4, 0.5) is 0 Å². The number of nitrogens with zero attached hydrogens (tertiary/aromatic N) is 1. The largest absolute Gasteiger partial charge is 0.376 e. The number of hydrogen-bond acceptors (Lipinski definition) is 3. The van der Waals surface area contributed by atoms with Crippen molar-refractivity contribution in [1.29, 1.82) is 0 Å². The Labute approximate surface area is 122 Å². The van der Waals surface area contributed by atoms with Crippen LogP contribution in [-0.4, -0.2) is 42.6 Å². The van der Waals surface area contributed by atoms with E-state index in [1.165, 1.54) is 12.8 Å². The minimum Gasteiger partial charge on any atom is -0.376 e. The number of nitrogens with two attached hydrogens (primary N) is 1. The maximum atomic E-state index is 12.4. The van der Waals surface area contributed by atoms with E-state index in [1.807, 2.05) is 6.92 Å². The van der Waals surface area contributed by atoms with Crippen molar-refractivity contribution in [3.05, 3.63) is 0 Å². The lowest BCUT2D eigenvalue weighted by Crippen LogP contribution is -2.47. The van der Waals surface area contributed by atoms with Crippen molar-refractivity contribution in [2.24, 2.45) is 11.7 Å². The van der Waals surface area contributed by atoms with Crippen LogP contribution in [0.3, 0.4) is 0 Å². The summed E-state index contributed by atoms with van der Waals surface area (Å²) in [7, 11) is 0.